The van der Waals surface area contributed by atoms with Gasteiger partial charge in [0.1, 0.15) is 0 Å². The van der Waals surface area contributed by atoms with Crippen molar-refractivity contribution in [3.05, 3.63) is 69.7 Å². The third-order valence-electron chi connectivity index (χ3n) is 2.50. The van der Waals surface area contributed by atoms with Crippen molar-refractivity contribution in [3.63, 3.8) is 0 Å². The van der Waals surface area contributed by atoms with E-state index in [1.165, 1.54) is 6.92 Å². The molecule has 0 atom stereocenters. The number of ketones is 2. The van der Waals surface area contributed by atoms with Gasteiger partial charge in [-0.05, 0) is 31.2 Å². The highest BCUT2D eigenvalue weighted by Crippen LogP contribution is 2.12. The lowest BCUT2D eigenvalue weighted by atomic mass is 10.2. The summed E-state index contributed by atoms with van der Waals surface area (Å²) in [4.78, 5) is 21.8. The van der Waals surface area contributed by atoms with Crippen LogP contribution in [-0.2, 0) is 0 Å². The first-order valence-electron chi connectivity index (χ1n) is 6.05. The number of carbonyl (C=O) groups excluding carboxylic acids is 2. The molecule has 0 aliphatic rings. The molecule has 0 amide bonds. The minimum Gasteiger partial charge on any atom is -0.295 e. The summed E-state index contributed by atoms with van der Waals surface area (Å²) in [5, 5.41) is 1.54. The Kier molecular flexibility index (Phi) is 7.65. The summed E-state index contributed by atoms with van der Waals surface area (Å²) in [5.41, 5.74) is 1.31. The Morgan fingerprint density at radius 3 is 1.81 bits per heavy atom. The molecule has 21 heavy (non-hydrogen) atoms. The Morgan fingerprint density at radius 1 is 0.952 bits per heavy atom. The second-order valence-electron chi connectivity index (χ2n) is 4.13. The molecule has 0 saturated heterocycles. The summed E-state index contributed by atoms with van der Waals surface area (Å²) in [7, 11) is 0. The van der Waals surface area contributed by atoms with E-state index in [2.05, 4.69) is 15.9 Å². The molecule has 2 rings (SSSR count). The molecule has 2 aromatic carbocycles. The van der Waals surface area contributed by atoms with Crippen LogP contribution >= 0.6 is 39.1 Å². The van der Waals surface area contributed by atoms with Gasteiger partial charge in [0.15, 0.2) is 11.6 Å². The maximum absolute atomic E-state index is 11.1. The number of benzene rings is 2. The first-order chi connectivity index (χ1) is 9.93. The molecule has 0 radical (unpaired) electrons. The molecule has 0 unspecified atom stereocenters. The van der Waals surface area contributed by atoms with Crippen molar-refractivity contribution in [1.82, 2.24) is 0 Å². The summed E-state index contributed by atoms with van der Waals surface area (Å²) in [5.74, 6) is 0.0926. The van der Waals surface area contributed by atoms with Gasteiger partial charge in [0.05, 0.1) is 5.33 Å². The zero-order valence-electron chi connectivity index (χ0n) is 11.3. The average molecular weight is 388 g/mol. The molecule has 2 nitrogen and oxygen atoms in total. The van der Waals surface area contributed by atoms with Gasteiger partial charge < -0.3 is 0 Å². The fourth-order valence-corrected chi connectivity index (χ4v) is 2.15. The first kappa shape index (κ1) is 17.9. The Labute approximate surface area is 142 Å². The maximum Gasteiger partial charge on any atom is 0.173 e. The fourth-order valence-electron chi connectivity index (χ4n) is 1.45. The third kappa shape index (κ3) is 6.42. The topological polar surface area (TPSA) is 34.1 Å². The molecule has 0 spiro atoms. The molecule has 5 heteroatoms. The molecular weight excluding hydrogens is 375 g/mol. The van der Waals surface area contributed by atoms with Crippen molar-refractivity contribution >= 4 is 50.7 Å². The minimum absolute atomic E-state index is 0.0440. The van der Waals surface area contributed by atoms with Crippen LogP contribution < -0.4 is 0 Å². The lowest BCUT2D eigenvalue weighted by molar-refractivity contribution is 0.101. The van der Waals surface area contributed by atoms with Gasteiger partial charge in [-0.3, -0.25) is 9.59 Å². The van der Waals surface area contributed by atoms with Crippen LogP contribution in [0.3, 0.4) is 0 Å². The molecule has 2 aromatic rings. The number of carbonyl (C=O) groups is 2. The molecule has 0 aliphatic carbocycles. The van der Waals surface area contributed by atoms with Crippen molar-refractivity contribution < 1.29 is 9.59 Å². The van der Waals surface area contributed by atoms with Crippen LogP contribution in [0.15, 0.2) is 48.5 Å². The van der Waals surface area contributed by atoms with E-state index in [0.29, 0.717) is 26.5 Å². The van der Waals surface area contributed by atoms with Gasteiger partial charge in [0, 0.05) is 21.2 Å². The summed E-state index contributed by atoms with van der Waals surface area (Å²) in [6.45, 7) is 1.52. The Morgan fingerprint density at radius 2 is 1.43 bits per heavy atom. The van der Waals surface area contributed by atoms with Crippen molar-refractivity contribution in [2.24, 2.45) is 0 Å². The van der Waals surface area contributed by atoms with E-state index in [1.807, 2.05) is 0 Å². The van der Waals surface area contributed by atoms with Gasteiger partial charge in [-0.25, -0.2) is 0 Å². The molecule has 0 aliphatic heterocycles. The normalized spacial score (nSPS) is 9.52. The van der Waals surface area contributed by atoms with E-state index in [0.717, 1.165) is 0 Å². The number of rotatable bonds is 3. The standard InChI is InChI=1S/C8H6BrClO.C8H7ClO/c9-5-8(11)6-2-1-3-7(10)4-6;1-6(10)7-3-2-4-8(9)5-7/h1-4H,5H2;2-5H,1H3. The summed E-state index contributed by atoms with van der Waals surface area (Å²) < 4.78 is 0. The Hall–Kier alpha value is -1.16. The minimum atomic E-state index is 0.0440. The molecule has 0 aromatic heterocycles. The van der Waals surface area contributed by atoms with Crippen LogP contribution in [-0.4, -0.2) is 16.9 Å². The number of alkyl halides is 1. The van der Waals surface area contributed by atoms with Crippen molar-refractivity contribution in [3.8, 4) is 0 Å². The first-order valence-corrected chi connectivity index (χ1v) is 7.93. The highest BCUT2D eigenvalue weighted by Gasteiger charge is 2.02. The molecule has 0 saturated carbocycles. The second-order valence-corrected chi connectivity index (χ2v) is 5.57. The molecule has 110 valence electrons. The van der Waals surface area contributed by atoms with Gasteiger partial charge in [0.2, 0.25) is 0 Å². The SMILES string of the molecule is CC(=O)c1cccc(Cl)c1.O=C(CBr)c1cccc(Cl)c1. The zero-order chi connectivity index (χ0) is 15.8. The van der Waals surface area contributed by atoms with Crippen LogP contribution in [0.2, 0.25) is 10.0 Å². The average Bonchev–Trinajstić information content (AvgIpc) is 2.47. The van der Waals surface area contributed by atoms with Gasteiger partial charge in [-0.2, -0.15) is 0 Å². The number of hydrogen-bond acceptors (Lipinski definition) is 2. The second kappa shape index (κ2) is 8.98. The van der Waals surface area contributed by atoms with E-state index in [4.69, 9.17) is 23.2 Å². The predicted octanol–water partition coefficient (Wildman–Crippen LogP) is 5.46. The van der Waals surface area contributed by atoms with Crippen LogP contribution in [0.4, 0.5) is 0 Å². The van der Waals surface area contributed by atoms with E-state index in [9.17, 15) is 9.59 Å². The molecular formula is C16H13BrCl2O2. The van der Waals surface area contributed by atoms with Gasteiger partial charge >= 0.3 is 0 Å². The summed E-state index contributed by atoms with van der Waals surface area (Å²) in [6.07, 6.45) is 0. The molecule has 0 N–H and O–H groups in total. The van der Waals surface area contributed by atoms with Gasteiger partial charge in [0.25, 0.3) is 0 Å². The fraction of sp³-hybridized carbons (Fsp3) is 0.125. The Balaban J connectivity index is 0.000000211. The monoisotopic (exact) mass is 386 g/mol. The highest BCUT2D eigenvalue weighted by atomic mass is 79.9. The van der Waals surface area contributed by atoms with E-state index < -0.39 is 0 Å². The smallest absolute Gasteiger partial charge is 0.173 e. The molecule has 0 bridgehead atoms. The van der Waals surface area contributed by atoms with Gasteiger partial charge in [-0.1, -0.05) is 63.4 Å². The van der Waals surface area contributed by atoms with E-state index in [1.54, 1.807) is 48.5 Å². The predicted molar refractivity (Wildman–Crippen MR) is 91.0 cm³/mol. The number of hydrogen-bond donors (Lipinski definition) is 0. The summed E-state index contributed by atoms with van der Waals surface area (Å²) >= 11 is 14.4. The van der Waals surface area contributed by atoms with Crippen LogP contribution in [0.1, 0.15) is 27.6 Å². The van der Waals surface area contributed by atoms with Crippen molar-refractivity contribution in [2.75, 3.05) is 5.33 Å². The number of Topliss-reactive ketones (excluding diaryl/α,β-unsaturated/α-hetero) is 2. The highest BCUT2D eigenvalue weighted by molar-refractivity contribution is 9.09. The van der Waals surface area contributed by atoms with Gasteiger partial charge in [-0.15, -0.1) is 0 Å². The van der Waals surface area contributed by atoms with Crippen LogP contribution in [0.25, 0.3) is 0 Å². The van der Waals surface area contributed by atoms with Crippen LogP contribution in [0.5, 0.6) is 0 Å². The lowest BCUT2D eigenvalue weighted by Crippen LogP contribution is -1.98. The largest absolute Gasteiger partial charge is 0.295 e. The Bertz CT molecular complexity index is 642. The summed E-state index contributed by atoms with van der Waals surface area (Å²) in [6, 6.07) is 13.8. The molecule has 0 heterocycles. The van der Waals surface area contributed by atoms with Crippen molar-refractivity contribution in [2.45, 2.75) is 6.92 Å². The van der Waals surface area contributed by atoms with E-state index >= 15 is 0 Å². The maximum atomic E-state index is 11.1. The van der Waals surface area contributed by atoms with Crippen molar-refractivity contribution in [1.29, 1.82) is 0 Å². The lowest BCUT2D eigenvalue weighted by Gasteiger charge is -1.95. The number of halogens is 3. The molecule has 0 fully saturated rings. The quantitative estimate of drug-likeness (QED) is 0.517. The zero-order valence-corrected chi connectivity index (χ0v) is 14.4. The van der Waals surface area contributed by atoms with Crippen LogP contribution in [0, 0.1) is 0 Å². The van der Waals surface area contributed by atoms with E-state index in [-0.39, 0.29) is 11.6 Å². The third-order valence-corrected chi connectivity index (χ3v) is 3.48.